The van der Waals surface area contributed by atoms with Crippen LogP contribution < -0.4 is 4.90 Å². The average molecular weight is 746 g/mol. The molecular formula is C55H39NS. The van der Waals surface area contributed by atoms with Gasteiger partial charge in [-0.2, -0.15) is 0 Å². The van der Waals surface area contributed by atoms with Gasteiger partial charge in [0.2, 0.25) is 0 Å². The van der Waals surface area contributed by atoms with E-state index in [4.69, 9.17) is 0 Å². The van der Waals surface area contributed by atoms with E-state index in [1.807, 2.05) is 11.3 Å². The van der Waals surface area contributed by atoms with Crippen LogP contribution >= 0.6 is 11.3 Å². The van der Waals surface area contributed by atoms with Crippen LogP contribution in [0.15, 0.2) is 200 Å². The Balaban J connectivity index is 1.10. The Kier molecular flexibility index (Phi) is 7.77. The highest BCUT2D eigenvalue weighted by molar-refractivity contribution is 7.25. The van der Waals surface area contributed by atoms with Crippen LogP contribution in [-0.4, -0.2) is 0 Å². The fourth-order valence-electron chi connectivity index (χ4n) is 9.17. The van der Waals surface area contributed by atoms with Crippen molar-refractivity contribution in [2.24, 2.45) is 0 Å². The highest BCUT2D eigenvalue weighted by Gasteiger charge is 2.39. The van der Waals surface area contributed by atoms with E-state index in [-0.39, 0.29) is 5.41 Å². The molecule has 0 amide bonds. The van der Waals surface area contributed by atoms with Crippen molar-refractivity contribution in [2.75, 3.05) is 4.90 Å². The van der Waals surface area contributed by atoms with E-state index < -0.39 is 0 Å². The molecule has 1 aromatic heterocycles. The molecule has 0 fully saturated rings. The lowest BCUT2D eigenvalue weighted by molar-refractivity contribution is 0.661. The van der Waals surface area contributed by atoms with E-state index in [1.165, 1.54) is 92.3 Å². The van der Waals surface area contributed by atoms with Gasteiger partial charge in [0.15, 0.2) is 0 Å². The van der Waals surface area contributed by atoms with Crippen molar-refractivity contribution in [1.29, 1.82) is 0 Å². The number of nitrogens with zero attached hydrogens (tertiary/aromatic N) is 1. The zero-order valence-electron chi connectivity index (χ0n) is 31.9. The van der Waals surface area contributed by atoms with Crippen LogP contribution in [0.3, 0.4) is 0 Å². The molecule has 0 spiro atoms. The number of thiophene rings is 1. The third kappa shape index (κ3) is 5.59. The number of hydrogen-bond donors (Lipinski definition) is 0. The molecule has 270 valence electrons. The first-order valence-corrected chi connectivity index (χ1v) is 20.6. The second-order valence-corrected chi connectivity index (χ2v) is 16.8. The maximum Gasteiger partial charge on any atom is 0.0508 e. The van der Waals surface area contributed by atoms with Crippen molar-refractivity contribution >= 4 is 59.3 Å². The Morgan fingerprint density at radius 2 is 0.930 bits per heavy atom. The number of rotatable bonds is 6. The topological polar surface area (TPSA) is 3.24 Å². The van der Waals surface area contributed by atoms with Gasteiger partial charge < -0.3 is 4.90 Å². The van der Waals surface area contributed by atoms with E-state index in [2.05, 4.69) is 219 Å². The number of hydrogen-bond acceptors (Lipinski definition) is 2. The summed E-state index contributed by atoms with van der Waals surface area (Å²) in [6.07, 6.45) is 0. The van der Waals surface area contributed by atoms with E-state index in [9.17, 15) is 0 Å². The summed E-state index contributed by atoms with van der Waals surface area (Å²) in [5.74, 6) is 0. The van der Waals surface area contributed by atoms with Gasteiger partial charge in [-0.15, -0.1) is 11.3 Å². The monoisotopic (exact) mass is 745 g/mol. The smallest absolute Gasteiger partial charge is 0.0508 e. The molecule has 9 aromatic carbocycles. The summed E-state index contributed by atoms with van der Waals surface area (Å²) < 4.78 is 2.59. The Bertz CT molecular complexity index is 3140. The van der Waals surface area contributed by atoms with Crippen LogP contribution in [0.5, 0.6) is 0 Å². The minimum atomic E-state index is -0.239. The molecule has 10 aromatic rings. The summed E-state index contributed by atoms with van der Waals surface area (Å²) in [4.78, 5) is 2.51. The molecule has 0 radical (unpaired) electrons. The van der Waals surface area contributed by atoms with Crippen LogP contribution in [0.25, 0.3) is 75.5 Å². The first-order valence-electron chi connectivity index (χ1n) is 19.7. The quantitative estimate of drug-likeness (QED) is 0.164. The highest BCUT2D eigenvalue weighted by Crippen LogP contribution is 2.55. The molecule has 0 N–H and O–H groups in total. The molecule has 0 bridgehead atoms. The molecular weight excluding hydrogens is 707 g/mol. The molecule has 2 heteroatoms. The third-order valence-corrected chi connectivity index (χ3v) is 13.1. The summed E-state index contributed by atoms with van der Waals surface area (Å²) in [6, 6.07) is 73.9. The molecule has 1 nitrogen and oxygen atoms in total. The number of fused-ring (bicyclic) bond motifs is 7. The van der Waals surface area contributed by atoms with Crippen LogP contribution in [0.2, 0.25) is 0 Å². The Labute approximate surface area is 337 Å². The lowest BCUT2D eigenvalue weighted by Crippen LogP contribution is -2.20. The molecule has 0 saturated carbocycles. The number of anilines is 3. The molecule has 11 rings (SSSR count). The van der Waals surface area contributed by atoms with Crippen molar-refractivity contribution in [1.82, 2.24) is 0 Å². The van der Waals surface area contributed by atoms with Crippen LogP contribution in [0.4, 0.5) is 17.1 Å². The molecule has 0 saturated heterocycles. The van der Waals surface area contributed by atoms with Gasteiger partial charge in [-0.05, 0) is 115 Å². The van der Waals surface area contributed by atoms with Gasteiger partial charge in [0.1, 0.15) is 0 Å². The van der Waals surface area contributed by atoms with Gasteiger partial charge in [0.05, 0.1) is 5.69 Å². The van der Waals surface area contributed by atoms with Crippen molar-refractivity contribution in [3.8, 4) is 44.5 Å². The Morgan fingerprint density at radius 1 is 0.386 bits per heavy atom. The molecule has 1 aliphatic carbocycles. The standard InChI is InChI=1S/C55H39NS/c1-55(2)50-33-41(37-15-8-4-9-16-37)24-28-46(50)49-19-12-20-51(54(49)55)56(44-26-23-39-21-22-40(31-43(39)32-44)36-13-6-3-7-14-36)45-27-30-48-47-29-25-42(38-17-10-5-11-18-38)34-52(47)57-53(48)35-45/h3-35H,1-2H3. The van der Waals surface area contributed by atoms with Gasteiger partial charge in [0.25, 0.3) is 0 Å². The lowest BCUT2D eigenvalue weighted by Gasteiger charge is -2.32. The highest BCUT2D eigenvalue weighted by atomic mass is 32.1. The largest absolute Gasteiger partial charge is 0.310 e. The zero-order valence-corrected chi connectivity index (χ0v) is 32.7. The van der Waals surface area contributed by atoms with E-state index in [0.717, 1.165) is 11.4 Å². The van der Waals surface area contributed by atoms with Crippen molar-refractivity contribution in [3.63, 3.8) is 0 Å². The Morgan fingerprint density at radius 3 is 1.63 bits per heavy atom. The van der Waals surface area contributed by atoms with Crippen molar-refractivity contribution < 1.29 is 0 Å². The van der Waals surface area contributed by atoms with Crippen molar-refractivity contribution in [3.05, 3.63) is 211 Å². The van der Waals surface area contributed by atoms with Crippen molar-refractivity contribution in [2.45, 2.75) is 19.3 Å². The minimum Gasteiger partial charge on any atom is -0.310 e. The van der Waals surface area contributed by atoms with Gasteiger partial charge in [-0.25, -0.2) is 0 Å². The fourth-order valence-corrected chi connectivity index (χ4v) is 10.4. The predicted octanol–water partition coefficient (Wildman–Crippen LogP) is 16.0. The molecule has 1 aliphatic rings. The molecule has 57 heavy (non-hydrogen) atoms. The maximum absolute atomic E-state index is 2.51. The first kappa shape index (κ1) is 33.6. The normalized spacial score (nSPS) is 12.9. The van der Waals surface area contributed by atoms with E-state index in [0.29, 0.717) is 0 Å². The molecule has 0 unspecified atom stereocenters. The fraction of sp³-hybridized carbons (Fsp3) is 0.0545. The van der Waals surface area contributed by atoms with Crippen LogP contribution in [-0.2, 0) is 5.41 Å². The summed E-state index contributed by atoms with van der Waals surface area (Å²) in [5.41, 5.74) is 16.0. The summed E-state index contributed by atoms with van der Waals surface area (Å²) in [7, 11) is 0. The summed E-state index contributed by atoms with van der Waals surface area (Å²) >= 11 is 1.88. The second kappa shape index (κ2) is 13.2. The average Bonchev–Trinajstić information content (AvgIpc) is 3.75. The zero-order chi connectivity index (χ0) is 38.1. The van der Waals surface area contributed by atoms with Gasteiger partial charge in [-0.3, -0.25) is 0 Å². The van der Waals surface area contributed by atoms with Crippen LogP contribution in [0.1, 0.15) is 25.0 Å². The first-order chi connectivity index (χ1) is 28.0. The predicted molar refractivity (Wildman–Crippen MR) is 245 cm³/mol. The van der Waals surface area contributed by atoms with Gasteiger partial charge in [-0.1, -0.05) is 166 Å². The summed E-state index contributed by atoms with van der Waals surface area (Å²) in [5, 5.41) is 5.05. The minimum absolute atomic E-state index is 0.239. The second-order valence-electron chi connectivity index (χ2n) is 15.8. The number of benzene rings is 9. The third-order valence-electron chi connectivity index (χ3n) is 12.0. The Hall–Kier alpha value is -6.74. The van der Waals surface area contributed by atoms with Gasteiger partial charge >= 0.3 is 0 Å². The SMILES string of the molecule is CC1(C)c2cc(-c3ccccc3)ccc2-c2cccc(N(c3ccc4ccc(-c5ccccc5)cc4c3)c3ccc4c(c3)sc3cc(-c5ccccc5)ccc34)c21. The van der Waals surface area contributed by atoms with Gasteiger partial charge in [0, 0.05) is 37.0 Å². The lowest BCUT2D eigenvalue weighted by atomic mass is 9.80. The summed E-state index contributed by atoms with van der Waals surface area (Å²) in [6.45, 7) is 4.81. The molecule has 0 atom stereocenters. The maximum atomic E-state index is 2.51. The van der Waals surface area contributed by atoms with E-state index >= 15 is 0 Å². The molecule has 0 aliphatic heterocycles. The van der Waals surface area contributed by atoms with Crippen LogP contribution in [0, 0.1) is 0 Å². The van der Waals surface area contributed by atoms with E-state index in [1.54, 1.807) is 0 Å². The molecule has 1 heterocycles.